The smallest absolute Gasteiger partial charge is 0.228 e. The van der Waals surface area contributed by atoms with Crippen LogP contribution in [-0.4, -0.2) is 26.1 Å². The van der Waals surface area contributed by atoms with Crippen LogP contribution >= 0.6 is 0 Å². The van der Waals surface area contributed by atoms with E-state index in [2.05, 4.69) is 9.97 Å². The van der Waals surface area contributed by atoms with Crippen LogP contribution in [0.3, 0.4) is 0 Å². The fourth-order valence-corrected chi connectivity index (χ4v) is 2.01. The molecule has 0 bridgehead atoms. The Balaban J connectivity index is 2.44. The molecule has 1 aliphatic rings. The van der Waals surface area contributed by atoms with Crippen LogP contribution in [0.5, 0.6) is 0 Å². The Bertz CT molecular complexity index is 354. The van der Waals surface area contributed by atoms with Gasteiger partial charge >= 0.3 is 0 Å². The van der Waals surface area contributed by atoms with Gasteiger partial charge in [-0.05, 0) is 27.7 Å². The summed E-state index contributed by atoms with van der Waals surface area (Å²) in [5.74, 6) is 0.429. The number of hydrogen-bond acceptors (Lipinski definition) is 3. The van der Waals surface area contributed by atoms with Gasteiger partial charge in [-0.2, -0.15) is 0 Å². The number of hydrogen-bond donors (Lipinski definition) is 2. The number of rotatable bonds is 1. The molecule has 2 heterocycles. The van der Waals surface area contributed by atoms with E-state index < -0.39 is 17.2 Å². The van der Waals surface area contributed by atoms with Gasteiger partial charge in [-0.15, -0.1) is 5.21 Å². The number of nitrogens with zero attached hydrogens (tertiary/aromatic N) is 2. The maximum Gasteiger partial charge on any atom is 0.228 e. The molecule has 2 atom stereocenters. The lowest BCUT2D eigenvalue weighted by Gasteiger charge is -2.38. The van der Waals surface area contributed by atoms with Crippen LogP contribution in [0, 0.1) is 5.21 Å². The molecule has 6 nitrogen and oxygen atoms in total. The van der Waals surface area contributed by atoms with Crippen molar-refractivity contribution in [3.8, 4) is 0 Å². The van der Waals surface area contributed by atoms with Gasteiger partial charge in [-0.3, -0.25) is 0 Å². The molecular weight excluding hydrogens is 208 g/mol. The van der Waals surface area contributed by atoms with Crippen molar-refractivity contribution in [2.24, 2.45) is 0 Å². The molecule has 1 aliphatic heterocycles. The van der Waals surface area contributed by atoms with Crippen molar-refractivity contribution in [2.45, 2.75) is 44.9 Å². The zero-order chi connectivity index (χ0) is 12.1. The number of H-pyrrole nitrogens is 1. The predicted molar refractivity (Wildman–Crippen MR) is 56.3 cm³/mol. The molecule has 2 N–H and O–H groups in total. The molecule has 89 valence electrons. The van der Waals surface area contributed by atoms with Crippen molar-refractivity contribution in [2.75, 3.05) is 0 Å². The summed E-state index contributed by atoms with van der Waals surface area (Å²) in [6.45, 7) is 7.20. The molecule has 1 saturated heterocycles. The first kappa shape index (κ1) is 11.5. The molecule has 0 amide bonds. The zero-order valence-corrected chi connectivity index (χ0v) is 9.94. The lowest BCUT2D eigenvalue weighted by molar-refractivity contribution is -0.927. The van der Waals surface area contributed by atoms with E-state index >= 15 is 0 Å². The highest BCUT2D eigenvalue weighted by molar-refractivity contribution is 5.04. The Morgan fingerprint density at radius 1 is 1.50 bits per heavy atom. The quantitative estimate of drug-likeness (QED) is 0.661. The third-order valence-electron chi connectivity index (χ3n) is 3.96. The molecule has 6 heteroatoms. The fourth-order valence-electron chi connectivity index (χ4n) is 2.01. The van der Waals surface area contributed by atoms with Gasteiger partial charge < -0.3 is 15.3 Å². The van der Waals surface area contributed by atoms with Gasteiger partial charge in [0.1, 0.15) is 11.1 Å². The van der Waals surface area contributed by atoms with Crippen molar-refractivity contribution in [3.63, 3.8) is 0 Å². The van der Waals surface area contributed by atoms with Crippen LogP contribution in [0.1, 0.15) is 39.7 Å². The second-order valence-electron chi connectivity index (χ2n) is 5.25. The van der Waals surface area contributed by atoms with Crippen LogP contribution < -0.4 is 5.06 Å². The highest BCUT2D eigenvalue weighted by atomic mass is 16.6. The summed E-state index contributed by atoms with van der Waals surface area (Å²) in [5.41, 5.74) is -1.40. The van der Waals surface area contributed by atoms with Gasteiger partial charge in [0.15, 0.2) is 5.82 Å². The molecule has 1 fully saturated rings. The number of aromatic amines is 1. The van der Waals surface area contributed by atoms with E-state index in [0.717, 1.165) is 5.06 Å². The van der Waals surface area contributed by atoms with Crippen LogP contribution in [-0.2, 0) is 5.21 Å². The molecule has 1 aromatic rings. The van der Waals surface area contributed by atoms with E-state index in [4.69, 9.17) is 0 Å². The third-order valence-corrected chi connectivity index (χ3v) is 3.96. The average molecular weight is 225 g/mol. The maximum atomic E-state index is 12.2. The van der Waals surface area contributed by atoms with Gasteiger partial charge in [0.25, 0.3) is 0 Å². The zero-order valence-electron chi connectivity index (χ0n) is 9.94. The van der Waals surface area contributed by atoms with Crippen LogP contribution in [0.15, 0.2) is 12.4 Å². The van der Waals surface area contributed by atoms with Crippen molar-refractivity contribution < 1.29 is 10.3 Å². The summed E-state index contributed by atoms with van der Waals surface area (Å²) in [5, 5.41) is 25.2. The molecule has 16 heavy (non-hydrogen) atoms. The molecule has 0 spiro atoms. The molecule has 0 saturated carbocycles. The Hall–Kier alpha value is -0.950. The Kier molecular flexibility index (Phi) is 2.36. The van der Waals surface area contributed by atoms with Crippen molar-refractivity contribution >= 4 is 0 Å². The van der Waals surface area contributed by atoms with Gasteiger partial charge in [-0.1, -0.05) is 5.06 Å². The number of hydroxylamine groups is 4. The van der Waals surface area contributed by atoms with Gasteiger partial charge in [0, 0.05) is 12.4 Å². The second kappa shape index (κ2) is 3.27. The summed E-state index contributed by atoms with van der Waals surface area (Å²) >= 11 is 0. The maximum absolute atomic E-state index is 12.2. The normalized spacial score (nSPS) is 33.1. The molecule has 0 aromatic carbocycles. The third kappa shape index (κ3) is 1.24. The topological polar surface area (TPSA) is 79.3 Å². The summed E-state index contributed by atoms with van der Waals surface area (Å²) in [4.78, 5) is 6.85. The SMILES string of the molecule is CC1(C)N([O])C(c2ncc[nH]2)[NH+]([O-])C1(C)C. The Morgan fingerprint density at radius 3 is 2.50 bits per heavy atom. The van der Waals surface area contributed by atoms with E-state index in [-0.39, 0.29) is 5.06 Å². The van der Waals surface area contributed by atoms with E-state index in [1.807, 2.05) is 13.8 Å². The summed E-state index contributed by atoms with van der Waals surface area (Å²) in [6.07, 6.45) is 2.36. The van der Waals surface area contributed by atoms with E-state index in [1.54, 1.807) is 26.2 Å². The standard InChI is InChI=1S/C10H17N4O2/c1-9(2)10(3,4)14(16)8(13(9)15)7-11-5-6-12-7/h5-6,8,13H,1-4H3,(H,11,12). The Labute approximate surface area is 94.4 Å². The highest BCUT2D eigenvalue weighted by Gasteiger charge is 2.61. The van der Waals surface area contributed by atoms with Gasteiger partial charge in [0.05, 0.1) is 0 Å². The second-order valence-corrected chi connectivity index (χ2v) is 5.25. The minimum Gasteiger partial charge on any atom is -0.632 e. The first-order chi connectivity index (χ1) is 7.30. The van der Waals surface area contributed by atoms with Crippen LogP contribution in [0.2, 0.25) is 0 Å². The average Bonchev–Trinajstić information content (AvgIpc) is 2.73. The molecule has 1 radical (unpaired) electrons. The first-order valence-electron chi connectivity index (χ1n) is 5.30. The number of quaternary nitrogens is 1. The van der Waals surface area contributed by atoms with Crippen molar-refractivity contribution in [3.05, 3.63) is 23.4 Å². The first-order valence-corrected chi connectivity index (χ1v) is 5.30. The fraction of sp³-hybridized carbons (Fsp3) is 0.700. The van der Waals surface area contributed by atoms with Crippen LogP contribution in [0.4, 0.5) is 0 Å². The summed E-state index contributed by atoms with van der Waals surface area (Å²) < 4.78 is 0. The minimum atomic E-state index is -0.806. The molecule has 1 aromatic heterocycles. The Morgan fingerprint density at radius 2 is 2.12 bits per heavy atom. The number of aromatic nitrogens is 2. The highest BCUT2D eigenvalue weighted by Crippen LogP contribution is 2.35. The lowest BCUT2D eigenvalue weighted by Crippen LogP contribution is -3.14. The molecular formula is C10H17N4O2. The summed E-state index contributed by atoms with van der Waals surface area (Å²) in [7, 11) is 0. The van der Waals surface area contributed by atoms with E-state index in [9.17, 15) is 10.4 Å². The largest absolute Gasteiger partial charge is 0.632 e. The molecule has 0 aliphatic carbocycles. The molecule has 2 rings (SSSR count). The van der Waals surface area contributed by atoms with Crippen molar-refractivity contribution in [1.82, 2.24) is 15.0 Å². The summed E-state index contributed by atoms with van der Waals surface area (Å²) in [6, 6.07) is 0. The van der Waals surface area contributed by atoms with E-state index in [0.29, 0.717) is 5.82 Å². The monoisotopic (exact) mass is 225 g/mol. The van der Waals surface area contributed by atoms with Gasteiger partial charge in [-0.25, -0.2) is 4.98 Å². The predicted octanol–water partition coefficient (Wildman–Crippen LogP) is 0.00930. The van der Waals surface area contributed by atoms with Gasteiger partial charge in [0.2, 0.25) is 6.17 Å². The molecule has 2 unspecified atom stereocenters. The lowest BCUT2D eigenvalue weighted by atomic mass is 9.84. The van der Waals surface area contributed by atoms with Crippen LogP contribution in [0.25, 0.3) is 0 Å². The number of imidazole rings is 1. The number of nitrogens with one attached hydrogen (secondary N) is 2. The minimum absolute atomic E-state index is 0.0811. The van der Waals surface area contributed by atoms with Crippen molar-refractivity contribution in [1.29, 1.82) is 0 Å². The van der Waals surface area contributed by atoms with E-state index in [1.165, 1.54) is 0 Å².